The van der Waals surface area contributed by atoms with Crippen LogP contribution in [-0.4, -0.2) is 22.4 Å². The van der Waals surface area contributed by atoms with Gasteiger partial charge in [-0.05, 0) is 46.1 Å². The van der Waals surface area contributed by atoms with Gasteiger partial charge in [-0.25, -0.2) is 0 Å². The van der Waals surface area contributed by atoms with Gasteiger partial charge < -0.3 is 5.32 Å². The van der Waals surface area contributed by atoms with Gasteiger partial charge in [0.05, 0.1) is 16.4 Å². The standard InChI is InChI=1S/C13H24ClN3/c1-5-9-15-10(2)7-6-8-12-13(14)11(3)16-17(12)4/h10,15H,5-9H2,1-4H3. The lowest BCUT2D eigenvalue weighted by molar-refractivity contribution is 0.494. The van der Waals surface area contributed by atoms with Crippen LogP contribution in [0.3, 0.4) is 0 Å². The first kappa shape index (κ1) is 14.5. The molecule has 0 aliphatic carbocycles. The molecule has 1 aromatic rings. The van der Waals surface area contributed by atoms with Crippen LogP contribution >= 0.6 is 11.6 Å². The lowest BCUT2D eigenvalue weighted by atomic mass is 10.1. The first-order valence-corrected chi connectivity index (χ1v) is 6.85. The molecule has 0 fully saturated rings. The number of nitrogens with one attached hydrogen (secondary N) is 1. The Hall–Kier alpha value is -0.540. The van der Waals surface area contributed by atoms with Crippen molar-refractivity contribution in [3.8, 4) is 0 Å². The topological polar surface area (TPSA) is 29.9 Å². The molecule has 1 rings (SSSR count). The number of halogens is 1. The molecule has 1 unspecified atom stereocenters. The second-order valence-corrected chi connectivity index (χ2v) is 5.10. The van der Waals surface area contributed by atoms with E-state index in [-0.39, 0.29) is 0 Å². The predicted molar refractivity (Wildman–Crippen MR) is 73.6 cm³/mol. The van der Waals surface area contributed by atoms with Crippen molar-refractivity contribution < 1.29 is 0 Å². The largest absolute Gasteiger partial charge is 0.314 e. The third-order valence-electron chi connectivity index (χ3n) is 3.06. The van der Waals surface area contributed by atoms with Crippen LogP contribution < -0.4 is 5.32 Å². The zero-order valence-corrected chi connectivity index (χ0v) is 12.1. The number of aromatic nitrogens is 2. The molecular weight excluding hydrogens is 234 g/mol. The van der Waals surface area contributed by atoms with E-state index in [0.29, 0.717) is 6.04 Å². The monoisotopic (exact) mass is 257 g/mol. The number of hydrogen-bond acceptors (Lipinski definition) is 2. The molecule has 1 N–H and O–H groups in total. The minimum absolute atomic E-state index is 0.586. The fraction of sp³-hybridized carbons (Fsp3) is 0.769. The molecule has 0 aliphatic heterocycles. The summed E-state index contributed by atoms with van der Waals surface area (Å²) in [6.07, 6.45) is 4.53. The van der Waals surface area contributed by atoms with Crippen LogP contribution in [0.15, 0.2) is 0 Å². The Morgan fingerprint density at radius 3 is 2.71 bits per heavy atom. The smallest absolute Gasteiger partial charge is 0.0846 e. The van der Waals surface area contributed by atoms with Gasteiger partial charge in [-0.15, -0.1) is 0 Å². The Balaban J connectivity index is 2.35. The van der Waals surface area contributed by atoms with Crippen LogP contribution in [0.4, 0.5) is 0 Å². The summed E-state index contributed by atoms with van der Waals surface area (Å²) >= 11 is 6.21. The Labute approximate surface area is 110 Å². The van der Waals surface area contributed by atoms with Gasteiger partial charge in [0.1, 0.15) is 0 Å². The fourth-order valence-corrected chi connectivity index (χ4v) is 2.27. The molecule has 0 aliphatic rings. The summed E-state index contributed by atoms with van der Waals surface area (Å²) in [6, 6.07) is 0.586. The summed E-state index contributed by atoms with van der Waals surface area (Å²) in [6.45, 7) is 7.49. The van der Waals surface area contributed by atoms with Gasteiger partial charge in [-0.3, -0.25) is 4.68 Å². The second kappa shape index (κ2) is 7.02. The Bertz CT molecular complexity index is 347. The second-order valence-electron chi connectivity index (χ2n) is 4.72. The third-order valence-corrected chi connectivity index (χ3v) is 3.55. The normalized spacial score (nSPS) is 13.0. The summed E-state index contributed by atoms with van der Waals surface area (Å²) in [4.78, 5) is 0. The SMILES string of the molecule is CCCNC(C)CCCc1c(Cl)c(C)nn1C. The van der Waals surface area contributed by atoms with E-state index in [1.54, 1.807) is 0 Å². The molecule has 0 saturated carbocycles. The maximum absolute atomic E-state index is 6.21. The molecule has 0 bridgehead atoms. The number of hydrogen-bond donors (Lipinski definition) is 1. The third kappa shape index (κ3) is 4.32. The molecule has 0 spiro atoms. The van der Waals surface area contributed by atoms with Crippen LogP contribution in [0, 0.1) is 6.92 Å². The van der Waals surface area contributed by atoms with Crippen LogP contribution in [0.25, 0.3) is 0 Å². The van der Waals surface area contributed by atoms with Gasteiger partial charge in [0, 0.05) is 13.1 Å². The van der Waals surface area contributed by atoms with Crippen molar-refractivity contribution >= 4 is 11.6 Å². The molecule has 3 nitrogen and oxygen atoms in total. The van der Waals surface area contributed by atoms with E-state index >= 15 is 0 Å². The van der Waals surface area contributed by atoms with Gasteiger partial charge in [0.2, 0.25) is 0 Å². The molecule has 0 saturated heterocycles. The Kier molecular flexibility index (Phi) is 6.00. The number of rotatable bonds is 7. The number of nitrogens with zero attached hydrogens (tertiary/aromatic N) is 2. The predicted octanol–water partition coefficient (Wildman–Crippen LogP) is 3.09. The van der Waals surface area contributed by atoms with Crippen molar-refractivity contribution in [3.05, 3.63) is 16.4 Å². The molecule has 1 heterocycles. The van der Waals surface area contributed by atoms with Crippen molar-refractivity contribution in [3.63, 3.8) is 0 Å². The molecule has 0 amide bonds. The van der Waals surface area contributed by atoms with Crippen LogP contribution in [0.2, 0.25) is 5.02 Å². The Morgan fingerprint density at radius 2 is 2.18 bits per heavy atom. The molecule has 98 valence electrons. The highest BCUT2D eigenvalue weighted by atomic mass is 35.5. The van der Waals surface area contributed by atoms with Gasteiger partial charge in [0.15, 0.2) is 0 Å². The summed E-state index contributed by atoms with van der Waals surface area (Å²) < 4.78 is 1.90. The van der Waals surface area contributed by atoms with Crippen LogP contribution in [0.1, 0.15) is 44.5 Å². The zero-order chi connectivity index (χ0) is 12.8. The maximum atomic E-state index is 6.21. The van der Waals surface area contributed by atoms with Crippen LogP contribution in [0.5, 0.6) is 0 Å². The highest BCUT2D eigenvalue weighted by molar-refractivity contribution is 6.31. The van der Waals surface area contributed by atoms with E-state index in [4.69, 9.17) is 11.6 Å². The summed E-state index contributed by atoms with van der Waals surface area (Å²) in [5.41, 5.74) is 2.09. The van der Waals surface area contributed by atoms with Crippen molar-refractivity contribution in [2.45, 2.75) is 52.5 Å². The molecular formula is C13H24ClN3. The van der Waals surface area contributed by atoms with E-state index in [1.165, 1.54) is 12.8 Å². The maximum Gasteiger partial charge on any atom is 0.0846 e. The van der Waals surface area contributed by atoms with E-state index in [1.807, 2.05) is 18.7 Å². The van der Waals surface area contributed by atoms with Crippen molar-refractivity contribution in [1.29, 1.82) is 0 Å². The molecule has 1 aromatic heterocycles. The van der Waals surface area contributed by atoms with E-state index in [0.717, 1.165) is 35.8 Å². The first-order chi connectivity index (χ1) is 8.06. The molecule has 1 atom stereocenters. The van der Waals surface area contributed by atoms with Gasteiger partial charge in [-0.2, -0.15) is 5.10 Å². The fourth-order valence-electron chi connectivity index (χ4n) is 2.02. The zero-order valence-electron chi connectivity index (χ0n) is 11.4. The first-order valence-electron chi connectivity index (χ1n) is 6.47. The Morgan fingerprint density at radius 1 is 1.47 bits per heavy atom. The van der Waals surface area contributed by atoms with Crippen molar-refractivity contribution in [1.82, 2.24) is 15.1 Å². The average molecular weight is 258 g/mol. The van der Waals surface area contributed by atoms with Crippen molar-refractivity contribution in [2.75, 3.05) is 6.54 Å². The lowest BCUT2D eigenvalue weighted by Crippen LogP contribution is -2.26. The molecule has 0 aromatic carbocycles. The highest BCUT2D eigenvalue weighted by Gasteiger charge is 2.11. The molecule has 17 heavy (non-hydrogen) atoms. The van der Waals surface area contributed by atoms with Crippen molar-refractivity contribution in [2.24, 2.45) is 7.05 Å². The quantitative estimate of drug-likeness (QED) is 0.814. The highest BCUT2D eigenvalue weighted by Crippen LogP contribution is 2.21. The number of aryl methyl sites for hydroxylation is 2. The van der Waals surface area contributed by atoms with Gasteiger partial charge in [0.25, 0.3) is 0 Å². The van der Waals surface area contributed by atoms with Gasteiger partial charge in [-0.1, -0.05) is 18.5 Å². The lowest BCUT2D eigenvalue weighted by Gasteiger charge is -2.12. The van der Waals surface area contributed by atoms with E-state index < -0.39 is 0 Å². The van der Waals surface area contributed by atoms with Crippen LogP contribution in [-0.2, 0) is 13.5 Å². The summed E-state index contributed by atoms with van der Waals surface area (Å²) in [7, 11) is 1.97. The summed E-state index contributed by atoms with van der Waals surface area (Å²) in [5.74, 6) is 0. The van der Waals surface area contributed by atoms with E-state index in [9.17, 15) is 0 Å². The van der Waals surface area contributed by atoms with Gasteiger partial charge >= 0.3 is 0 Å². The summed E-state index contributed by atoms with van der Waals surface area (Å²) in [5, 5.41) is 8.66. The van der Waals surface area contributed by atoms with E-state index in [2.05, 4.69) is 24.3 Å². The minimum Gasteiger partial charge on any atom is -0.314 e. The average Bonchev–Trinajstić information content (AvgIpc) is 2.53. The molecule has 4 heteroatoms. The molecule has 0 radical (unpaired) electrons. The minimum atomic E-state index is 0.586.